The number of benzene rings is 1. The maximum absolute atomic E-state index is 12.1. The van der Waals surface area contributed by atoms with E-state index >= 15 is 0 Å². The molecule has 116 valence electrons. The van der Waals surface area contributed by atoms with E-state index in [4.69, 9.17) is 16.3 Å². The third kappa shape index (κ3) is 5.27. The van der Waals surface area contributed by atoms with E-state index in [0.29, 0.717) is 10.8 Å². The Balaban J connectivity index is 2.67. The van der Waals surface area contributed by atoms with Crippen LogP contribution in [-0.2, 0) is 14.3 Å². The van der Waals surface area contributed by atoms with Crippen LogP contribution in [0.25, 0.3) is 0 Å². The van der Waals surface area contributed by atoms with Crippen molar-refractivity contribution in [3.05, 3.63) is 29.3 Å². The van der Waals surface area contributed by atoms with E-state index in [1.54, 1.807) is 31.2 Å². The van der Waals surface area contributed by atoms with Crippen LogP contribution < -0.4 is 10.1 Å². The van der Waals surface area contributed by atoms with E-state index in [2.05, 4.69) is 10.1 Å². The second kappa shape index (κ2) is 7.88. The molecule has 0 bridgehead atoms. The average Bonchev–Trinajstić information content (AvgIpc) is 2.43. The second-order valence-corrected chi connectivity index (χ2v) is 5.41. The lowest BCUT2D eigenvalue weighted by Crippen LogP contribution is -2.49. The molecule has 6 heteroatoms. The fourth-order valence-electron chi connectivity index (χ4n) is 1.69. The first-order chi connectivity index (χ1) is 9.85. The van der Waals surface area contributed by atoms with Gasteiger partial charge in [0, 0.05) is 5.02 Å². The quantitative estimate of drug-likeness (QED) is 0.819. The molecule has 0 aliphatic carbocycles. The van der Waals surface area contributed by atoms with Crippen LogP contribution in [-0.4, -0.2) is 31.1 Å². The molecule has 5 nitrogen and oxygen atoms in total. The minimum absolute atomic E-state index is 0.0835. The SMILES string of the molecule is COC(=O)C(NC(=O)C(C)Oc1cccc(Cl)c1)C(C)C. The number of carbonyl (C=O) groups is 2. The number of methoxy groups -OCH3 is 1. The molecule has 1 aromatic carbocycles. The molecule has 0 aliphatic rings. The molecule has 1 rings (SSSR count). The number of esters is 1. The van der Waals surface area contributed by atoms with Crippen LogP contribution in [0.2, 0.25) is 5.02 Å². The predicted molar refractivity (Wildman–Crippen MR) is 80.3 cm³/mol. The van der Waals surface area contributed by atoms with Gasteiger partial charge in [-0.25, -0.2) is 4.79 Å². The van der Waals surface area contributed by atoms with Crippen LogP contribution in [0.5, 0.6) is 5.75 Å². The van der Waals surface area contributed by atoms with Crippen molar-refractivity contribution in [2.45, 2.75) is 32.9 Å². The van der Waals surface area contributed by atoms with E-state index in [1.165, 1.54) is 7.11 Å². The number of nitrogens with one attached hydrogen (secondary N) is 1. The first-order valence-electron chi connectivity index (χ1n) is 6.65. The first kappa shape index (κ1) is 17.3. The highest BCUT2D eigenvalue weighted by Crippen LogP contribution is 2.18. The molecule has 0 spiro atoms. The highest BCUT2D eigenvalue weighted by atomic mass is 35.5. The number of ether oxygens (including phenoxy) is 2. The number of amides is 1. The Morgan fingerprint density at radius 1 is 1.24 bits per heavy atom. The Labute approximate surface area is 129 Å². The number of rotatable bonds is 6. The van der Waals surface area contributed by atoms with Crippen molar-refractivity contribution in [3.63, 3.8) is 0 Å². The normalized spacial score (nSPS) is 13.4. The van der Waals surface area contributed by atoms with Gasteiger partial charge in [-0.1, -0.05) is 31.5 Å². The van der Waals surface area contributed by atoms with Crippen LogP contribution in [0.1, 0.15) is 20.8 Å². The molecule has 2 atom stereocenters. The molecule has 1 N–H and O–H groups in total. The summed E-state index contributed by atoms with van der Waals surface area (Å²) in [5.74, 6) is -0.462. The number of halogens is 1. The smallest absolute Gasteiger partial charge is 0.328 e. The zero-order chi connectivity index (χ0) is 16.0. The molecule has 1 amide bonds. The van der Waals surface area contributed by atoms with Crippen LogP contribution >= 0.6 is 11.6 Å². The predicted octanol–water partition coefficient (Wildman–Crippen LogP) is 2.42. The highest BCUT2D eigenvalue weighted by Gasteiger charge is 2.27. The third-order valence-electron chi connectivity index (χ3n) is 2.90. The number of hydrogen-bond acceptors (Lipinski definition) is 4. The minimum atomic E-state index is -0.755. The van der Waals surface area contributed by atoms with Crippen molar-refractivity contribution < 1.29 is 19.1 Å². The molecule has 1 aromatic rings. The Morgan fingerprint density at radius 3 is 2.43 bits per heavy atom. The van der Waals surface area contributed by atoms with Gasteiger partial charge >= 0.3 is 5.97 Å². The first-order valence-corrected chi connectivity index (χ1v) is 7.03. The van der Waals surface area contributed by atoms with Gasteiger partial charge in [0.2, 0.25) is 0 Å². The van der Waals surface area contributed by atoms with Crippen LogP contribution in [0, 0.1) is 5.92 Å². The maximum Gasteiger partial charge on any atom is 0.328 e. The lowest BCUT2D eigenvalue weighted by atomic mass is 10.0. The zero-order valence-corrected chi connectivity index (χ0v) is 13.3. The number of hydrogen-bond donors (Lipinski definition) is 1. The summed E-state index contributed by atoms with van der Waals surface area (Å²) in [6.45, 7) is 5.25. The van der Waals surface area contributed by atoms with Crippen molar-refractivity contribution >= 4 is 23.5 Å². The molecule has 0 saturated carbocycles. The van der Waals surface area contributed by atoms with Gasteiger partial charge in [0.25, 0.3) is 5.91 Å². The van der Waals surface area contributed by atoms with Gasteiger partial charge in [0.1, 0.15) is 11.8 Å². The summed E-state index contributed by atoms with van der Waals surface area (Å²) in [5.41, 5.74) is 0. The van der Waals surface area contributed by atoms with Gasteiger partial charge in [-0.05, 0) is 31.0 Å². The van der Waals surface area contributed by atoms with Gasteiger partial charge in [0.15, 0.2) is 6.10 Å². The molecule has 0 aliphatic heterocycles. The van der Waals surface area contributed by atoms with Crippen molar-refractivity contribution in [1.82, 2.24) is 5.32 Å². The summed E-state index contributed by atoms with van der Waals surface area (Å²) in [5, 5.41) is 3.15. The number of carbonyl (C=O) groups excluding carboxylic acids is 2. The van der Waals surface area contributed by atoms with Gasteiger partial charge in [0.05, 0.1) is 7.11 Å². The van der Waals surface area contributed by atoms with Gasteiger partial charge in [-0.2, -0.15) is 0 Å². The summed E-state index contributed by atoms with van der Waals surface area (Å²) in [6.07, 6.45) is -0.755. The largest absolute Gasteiger partial charge is 0.481 e. The van der Waals surface area contributed by atoms with E-state index in [9.17, 15) is 9.59 Å². The summed E-state index contributed by atoms with van der Waals surface area (Å²) < 4.78 is 10.2. The lowest BCUT2D eigenvalue weighted by Gasteiger charge is -2.22. The Hall–Kier alpha value is -1.75. The molecule has 0 aromatic heterocycles. The van der Waals surface area contributed by atoms with Crippen LogP contribution in [0.15, 0.2) is 24.3 Å². The fraction of sp³-hybridized carbons (Fsp3) is 0.467. The average molecular weight is 314 g/mol. The van der Waals surface area contributed by atoms with E-state index < -0.39 is 18.1 Å². The van der Waals surface area contributed by atoms with Gasteiger partial charge in [-0.15, -0.1) is 0 Å². The summed E-state index contributed by atoms with van der Waals surface area (Å²) in [6, 6.07) is 6.06. The summed E-state index contributed by atoms with van der Waals surface area (Å²) >= 11 is 5.85. The van der Waals surface area contributed by atoms with Crippen molar-refractivity contribution in [1.29, 1.82) is 0 Å². The third-order valence-corrected chi connectivity index (χ3v) is 3.13. The summed E-state index contributed by atoms with van der Waals surface area (Å²) in [7, 11) is 1.29. The molecule has 21 heavy (non-hydrogen) atoms. The van der Waals surface area contributed by atoms with Crippen LogP contribution in [0.3, 0.4) is 0 Å². The van der Waals surface area contributed by atoms with Crippen molar-refractivity contribution in [2.75, 3.05) is 7.11 Å². The molecular weight excluding hydrogens is 294 g/mol. The van der Waals surface area contributed by atoms with Crippen molar-refractivity contribution in [3.8, 4) is 5.75 Å². The Bertz CT molecular complexity index is 504. The highest BCUT2D eigenvalue weighted by molar-refractivity contribution is 6.30. The monoisotopic (exact) mass is 313 g/mol. The van der Waals surface area contributed by atoms with E-state index in [-0.39, 0.29) is 11.8 Å². The van der Waals surface area contributed by atoms with Gasteiger partial charge in [-0.3, -0.25) is 4.79 Å². The topological polar surface area (TPSA) is 64.6 Å². The minimum Gasteiger partial charge on any atom is -0.481 e. The zero-order valence-electron chi connectivity index (χ0n) is 12.6. The Kier molecular flexibility index (Phi) is 6.49. The standard InChI is InChI=1S/C15H20ClNO4/c1-9(2)13(15(19)20-4)17-14(18)10(3)21-12-7-5-6-11(16)8-12/h5-10,13H,1-4H3,(H,17,18). The molecular formula is C15H20ClNO4. The second-order valence-electron chi connectivity index (χ2n) is 4.97. The molecule has 0 saturated heterocycles. The van der Waals surface area contributed by atoms with E-state index in [1.807, 2.05) is 13.8 Å². The lowest BCUT2D eigenvalue weighted by molar-refractivity contribution is -0.147. The van der Waals surface area contributed by atoms with E-state index in [0.717, 1.165) is 0 Å². The molecule has 0 radical (unpaired) electrons. The Morgan fingerprint density at radius 2 is 1.90 bits per heavy atom. The van der Waals surface area contributed by atoms with Crippen molar-refractivity contribution in [2.24, 2.45) is 5.92 Å². The maximum atomic E-state index is 12.1. The molecule has 2 unspecified atom stereocenters. The molecule has 0 fully saturated rings. The van der Waals surface area contributed by atoms with Gasteiger partial charge < -0.3 is 14.8 Å². The fourth-order valence-corrected chi connectivity index (χ4v) is 1.87. The van der Waals surface area contributed by atoms with Crippen LogP contribution in [0.4, 0.5) is 0 Å². The summed E-state index contributed by atoms with van der Waals surface area (Å²) in [4.78, 5) is 23.7. The molecule has 0 heterocycles.